The summed E-state index contributed by atoms with van der Waals surface area (Å²) in [4.78, 5) is 13.9. The first kappa shape index (κ1) is 18.0. The van der Waals surface area contributed by atoms with Crippen LogP contribution in [0.3, 0.4) is 0 Å². The van der Waals surface area contributed by atoms with Crippen LogP contribution in [0.1, 0.15) is 22.8 Å². The maximum Gasteiger partial charge on any atom is 0.251 e. The van der Waals surface area contributed by atoms with Crippen LogP contribution in [0.25, 0.3) is 0 Å². The minimum Gasteiger partial charge on any atom is -0.370 e. The van der Waals surface area contributed by atoms with Crippen molar-refractivity contribution < 1.29 is 13.2 Å². The molecule has 0 aliphatic heterocycles. The first-order chi connectivity index (χ1) is 11.4. The number of hydrogen-bond acceptors (Lipinski definition) is 4. The van der Waals surface area contributed by atoms with E-state index in [1.807, 2.05) is 24.1 Å². The molecule has 0 heterocycles. The molecule has 0 saturated heterocycles. The molecule has 2 aromatic carbocycles. The summed E-state index contributed by atoms with van der Waals surface area (Å²) in [6.07, 6.45) is 0. The van der Waals surface area contributed by atoms with Gasteiger partial charge in [0.2, 0.25) is 0 Å². The summed E-state index contributed by atoms with van der Waals surface area (Å²) >= 11 is 0. The van der Waals surface area contributed by atoms with Crippen LogP contribution >= 0.6 is 0 Å². The molecule has 0 saturated carbocycles. The average Bonchev–Trinajstić information content (AvgIpc) is 2.61. The number of amides is 1. The van der Waals surface area contributed by atoms with Crippen molar-refractivity contribution in [2.45, 2.75) is 18.4 Å². The first-order valence-electron chi connectivity index (χ1n) is 7.72. The number of carbonyl (C=O) groups is 1. The molecule has 24 heavy (non-hydrogen) atoms. The van der Waals surface area contributed by atoms with E-state index in [9.17, 15) is 13.2 Å². The Morgan fingerprint density at radius 3 is 2.12 bits per heavy atom. The van der Waals surface area contributed by atoms with E-state index < -0.39 is 9.84 Å². The Morgan fingerprint density at radius 2 is 1.62 bits per heavy atom. The third-order valence-electron chi connectivity index (χ3n) is 3.88. The van der Waals surface area contributed by atoms with Crippen molar-refractivity contribution in [3.05, 3.63) is 59.7 Å². The zero-order chi connectivity index (χ0) is 17.7. The normalized spacial score (nSPS) is 11.1. The van der Waals surface area contributed by atoms with Crippen molar-refractivity contribution in [2.75, 3.05) is 24.7 Å². The largest absolute Gasteiger partial charge is 0.370 e. The van der Waals surface area contributed by atoms with Gasteiger partial charge in [-0.3, -0.25) is 4.79 Å². The van der Waals surface area contributed by atoms with Crippen LogP contribution in [0.5, 0.6) is 0 Å². The minimum absolute atomic E-state index is 0.0971. The summed E-state index contributed by atoms with van der Waals surface area (Å²) in [5.41, 5.74) is 2.62. The number of sulfone groups is 1. The molecular formula is C18H22N2O3S. The zero-order valence-corrected chi connectivity index (χ0v) is 14.9. The second-order valence-electron chi connectivity index (χ2n) is 5.53. The fourth-order valence-corrected chi connectivity index (χ4v) is 3.23. The van der Waals surface area contributed by atoms with Crippen molar-refractivity contribution in [3.63, 3.8) is 0 Å². The monoisotopic (exact) mass is 346 g/mol. The summed E-state index contributed by atoms with van der Waals surface area (Å²) < 4.78 is 23.7. The second kappa shape index (κ2) is 7.49. The predicted octanol–water partition coefficient (Wildman–Crippen LogP) is 2.48. The highest BCUT2D eigenvalue weighted by Gasteiger charge is 2.12. The number of nitrogens with zero attached hydrogens (tertiary/aromatic N) is 1. The number of carbonyl (C=O) groups excluding carboxylic acids is 1. The van der Waals surface area contributed by atoms with E-state index in [4.69, 9.17) is 0 Å². The van der Waals surface area contributed by atoms with Gasteiger partial charge in [-0.1, -0.05) is 19.1 Å². The van der Waals surface area contributed by atoms with Gasteiger partial charge < -0.3 is 10.2 Å². The summed E-state index contributed by atoms with van der Waals surface area (Å²) in [5.74, 6) is -0.0116. The smallest absolute Gasteiger partial charge is 0.251 e. The molecule has 0 bridgehead atoms. The quantitative estimate of drug-likeness (QED) is 0.873. The summed E-state index contributed by atoms with van der Waals surface area (Å²) in [5, 5.41) is 2.59. The molecule has 0 aromatic heterocycles. The molecule has 2 aromatic rings. The van der Waals surface area contributed by atoms with Crippen LogP contribution < -0.4 is 10.2 Å². The van der Waals surface area contributed by atoms with E-state index in [1.165, 1.54) is 0 Å². The molecule has 128 valence electrons. The highest BCUT2D eigenvalue weighted by Crippen LogP contribution is 2.19. The lowest BCUT2D eigenvalue weighted by Crippen LogP contribution is -2.18. The summed E-state index contributed by atoms with van der Waals surface area (Å²) in [6.45, 7) is 2.30. The molecule has 6 heteroatoms. The van der Waals surface area contributed by atoms with Crippen molar-refractivity contribution in [3.8, 4) is 0 Å². The van der Waals surface area contributed by atoms with Crippen LogP contribution in [0.2, 0.25) is 0 Å². The molecule has 5 nitrogen and oxygen atoms in total. The highest BCUT2D eigenvalue weighted by atomic mass is 32.2. The average molecular weight is 346 g/mol. The number of anilines is 1. The molecular weight excluding hydrogens is 324 g/mol. The zero-order valence-electron chi connectivity index (χ0n) is 14.1. The number of hydrogen-bond donors (Lipinski definition) is 1. The van der Waals surface area contributed by atoms with Crippen molar-refractivity contribution in [1.29, 1.82) is 0 Å². The Bertz CT molecular complexity index is 797. The number of benzene rings is 2. The lowest BCUT2D eigenvalue weighted by atomic mass is 10.1. The SMILES string of the molecule is CCS(=O)(=O)c1ccc(N(C)Cc2ccc(C(=O)NC)cc2)cc1. The van der Waals surface area contributed by atoms with Gasteiger partial charge >= 0.3 is 0 Å². The van der Waals surface area contributed by atoms with Crippen LogP contribution in [-0.4, -0.2) is 34.2 Å². The third-order valence-corrected chi connectivity index (χ3v) is 5.63. The van der Waals surface area contributed by atoms with E-state index in [-0.39, 0.29) is 11.7 Å². The van der Waals surface area contributed by atoms with Crippen molar-refractivity contribution in [2.24, 2.45) is 0 Å². The predicted molar refractivity (Wildman–Crippen MR) is 96.1 cm³/mol. The molecule has 0 spiro atoms. The van der Waals surface area contributed by atoms with Gasteiger partial charge in [-0.2, -0.15) is 0 Å². The lowest BCUT2D eigenvalue weighted by Gasteiger charge is -2.20. The Morgan fingerprint density at radius 1 is 1.04 bits per heavy atom. The van der Waals surface area contributed by atoms with E-state index in [1.54, 1.807) is 50.4 Å². The van der Waals surface area contributed by atoms with Gasteiger partial charge in [0.25, 0.3) is 5.91 Å². The van der Waals surface area contributed by atoms with E-state index in [0.717, 1.165) is 11.3 Å². The summed E-state index contributed by atoms with van der Waals surface area (Å²) in [6, 6.07) is 14.3. The standard InChI is InChI=1S/C18H22N2O3S/c1-4-24(22,23)17-11-9-16(10-12-17)20(3)13-14-5-7-15(8-6-14)18(21)19-2/h5-12H,4,13H2,1-3H3,(H,19,21). The lowest BCUT2D eigenvalue weighted by molar-refractivity contribution is 0.0963. The summed E-state index contributed by atoms with van der Waals surface area (Å²) in [7, 11) is 0.373. The molecule has 0 fully saturated rings. The maximum atomic E-state index is 11.8. The molecule has 2 rings (SSSR count). The van der Waals surface area contributed by atoms with Crippen LogP contribution in [0.15, 0.2) is 53.4 Å². The van der Waals surface area contributed by atoms with Gasteiger partial charge in [0.05, 0.1) is 10.6 Å². The van der Waals surface area contributed by atoms with Crippen molar-refractivity contribution >= 4 is 21.4 Å². The van der Waals surface area contributed by atoms with E-state index >= 15 is 0 Å². The Kier molecular flexibility index (Phi) is 5.62. The molecule has 0 unspecified atom stereocenters. The van der Waals surface area contributed by atoms with Gasteiger partial charge in [0.1, 0.15) is 0 Å². The van der Waals surface area contributed by atoms with Crippen LogP contribution in [0.4, 0.5) is 5.69 Å². The van der Waals surface area contributed by atoms with E-state index in [2.05, 4.69) is 5.32 Å². The van der Waals surface area contributed by atoms with Crippen LogP contribution in [0, 0.1) is 0 Å². The number of nitrogens with one attached hydrogen (secondary N) is 1. The fourth-order valence-electron chi connectivity index (χ4n) is 2.35. The van der Waals surface area contributed by atoms with Gasteiger partial charge in [-0.05, 0) is 42.0 Å². The maximum absolute atomic E-state index is 11.8. The second-order valence-corrected chi connectivity index (χ2v) is 7.81. The van der Waals surface area contributed by atoms with Gasteiger partial charge in [0, 0.05) is 31.9 Å². The minimum atomic E-state index is -3.17. The third kappa shape index (κ3) is 4.14. The van der Waals surface area contributed by atoms with E-state index in [0.29, 0.717) is 17.0 Å². The topological polar surface area (TPSA) is 66.5 Å². The fraction of sp³-hybridized carbons (Fsp3) is 0.278. The molecule has 0 aliphatic carbocycles. The first-order valence-corrected chi connectivity index (χ1v) is 9.37. The Hall–Kier alpha value is -2.34. The Balaban J connectivity index is 2.09. The number of rotatable bonds is 6. The molecule has 0 aliphatic rings. The van der Waals surface area contributed by atoms with Gasteiger partial charge in [0.15, 0.2) is 9.84 Å². The van der Waals surface area contributed by atoms with Gasteiger partial charge in [-0.25, -0.2) is 8.42 Å². The molecule has 0 atom stereocenters. The molecule has 1 amide bonds. The Labute approximate surface area is 143 Å². The van der Waals surface area contributed by atoms with Crippen LogP contribution in [-0.2, 0) is 16.4 Å². The molecule has 1 N–H and O–H groups in total. The molecule has 0 radical (unpaired) electrons. The van der Waals surface area contributed by atoms with Crippen molar-refractivity contribution in [1.82, 2.24) is 5.32 Å². The highest BCUT2D eigenvalue weighted by molar-refractivity contribution is 7.91. The van der Waals surface area contributed by atoms with Gasteiger partial charge in [-0.15, -0.1) is 0 Å².